The van der Waals surface area contributed by atoms with E-state index in [1.807, 2.05) is 0 Å². The van der Waals surface area contributed by atoms with Gasteiger partial charge < -0.3 is 14.0 Å². The van der Waals surface area contributed by atoms with Crippen LogP contribution in [0.2, 0.25) is 0 Å². The molecule has 0 spiro atoms. The van der Waals surface area contributed by atoms with E-state index in [1.165, 1.54) is 38.1 Å². The van der Waals surface area contributed by atoms with Gasteiger partial charge in [0.05, 0.1) is 27.8 Å². The highest BCUT2D eigenvalue weighted by atomic mass is 15.4. The molecule has 3 heterocycles. The Morgan fingerprint density at radius 1 is 0.489 bits per heavy atom. The fourth-order valence-electron chi connectivity index (χ4n) is 7.07. The van der Waals surface area contributed by atoms with Crippen molar-refractivity contribution in [1.82, 2.24) is 14.0 Å². The molecule has 0 fully saturated rings. The Hall–Kier alpha value is -5.87. The first-order chi connectivity index (χ1) is 22.3. The molecule has 0 aliphatic carbocycles. The van der Waals surface area contributed by atoms with E-state index in [1.54, 1.807) is 0 Å². The van der Waals surface area contributed by atoms with Crippen molar-refractivity contribution in [2.45, 2.75) is 6.29 Å². The number of aliphatic imine (C=N–C) groups is 1. The van der Waals surface area contributed by atoms with E-state index in [0.29, 0.717) is 0 Å². The monoisotopic (exact) mass is 578 g/mol. The van der Waals surface area contributed by atoms with Gasteiger partial charge in [0.15, 0.2) is 0 Å². The van der Waals surface area contributed by atoms with Gasteiger partial charge in [-0.15, -0.1) is 0 Å². The number of benzene rings is 6. The highest BCUT2D eigenvalue weighted by molar-refractivity contribution is 6.14. The molecule has 2 aromatic heterocycles. The highest BCUT2D eigenvalue weighted by Gasteiger charge is 2.28. The summed E-state index contributed by atoms with van der Waals surface area (Å²) in [5.41, 5.74) is 10.2. The van der Waals surface area contributed by atoms with Crippen LogP contribution in [-0.2, 0) is 0 Å². The Bertz CT molecular complexity index is 2390. The molecule has 8 aromatic rings. The number of hydrogen-bond acceptors (Lipinski definition) is 2. The van der Waals surface area contributed by atoms with Gasteiger partial charge in [-0.2, -0.15) is 0 Å². The van der Waals surface area contributed by atoms with Gasteiger partial charge in [0.2, 0.25) is 6.29 Å². The van der Waals surface area contributed by atoms with E-state index in [-0.39, 0.29) is 6.29 Å². The van der Waals surface area contributed by atoms with Gasteiger partial charge in [0.1, 0.15) is 0 Å². The molecule has 6 aromatic carbocycles. The molecule has 1 aliphatic heterocycles. The molecular formula is C41H30N4. The topological polar surface area (TPSA) is 25.5 Å². The molecule has 0 N–H and O–H groups in total. The number of para-hydroxylation sites is 3. The van der Waals surface area contributed by atoms with Crippen molar-refractivity contribution in [3.63, 3.8) is 0 Å². The Balaban J connectivity index is 1.32. The summed E-state index contributed by atoms with van der Waals surface area (Å²) < 4.78 is 4.81. The number of hydrogen-bond donors (Lipinski definition) is 0. The number of nitrogens with zero attached hydrogens (tertiary/aromatic N) is 4. The van der Waals surface area contributed by atoms with Gasteiger partial charge >= 0.3 is 0 Å². The first-order valence-electron chi connectivity index (χ1n) is 15.4. The molecule has 0 saturated carbocycles. The highest BCUT2D eigenvalue weighted by Crippen LogP contribution is 2.40. The molecule has 0 saturated heterocycles. The summed E-state index contributed by atoms with van der Waals surface area (Å²) in [5, 5.41) is 4.96. The van der Waals surface area contributed by atoms with Crippen molar-refractivity contribution in [3.8, 4) is 5.69 Å². The van der Waals surface area contributed by atoms with Crippen LogP contribution in [0.25, 0.3) is 55.0 Å². The van der Waals surface area contributed by atoms with Crippen molar-refractivity contribution >= 4 is 55.0 Å². The minimum absolute atomic E-state index is 0.295. The second-order valence-corrected chi connectivity index (χ2v) is 11.7. The SMILES string of the molecule is CN1C(c2ccccc2)=CC(c2ccccc2)=NC1n1c2ccccc2c2ccc(-n3c4ccccc4c4ccccc43)cc21. The van der Waals surface area contributed by atoms with Crippen LogP contribution in [0.3, 0.4) is 0 Å². The lowest BCUT2D eigenvalue weighted by Crippen LogP contribution is -2.31. The number of aromatic nitrogens is 2. The maximum Gasteiger partial charge on any atom is 0.203 e. The summed E-state index contributed by atoms with van der Waals surface area (Å²) in [5.74, 6) is 0. The minimum atomic E-state index is -0.295. The summed E-state index contributed by atoms with van der Waals surface area (Å²) in [6.07, 6.45) is 1.93. The second-order valence-electron chi connectivity index (χ2n) is 11.7. The molecule has 0 radical (unpaired) electrons. The Morgan fingerprint density at radius 3 is 1.64 bits per heavy atom. The molecular weight excluding hydrogens is 548 g/mol. The second kappa shape index (κ2) is 10.1. The molecule has 1 unspecified atom stereocenters. The lowest BCUT2D eigenvalue weighted by atomic mass is 10.0. The predicted molar refractivity (Wildman–Crippen MR) is 188 cm³/mol. The van der Waals surface area contributed by atoms with Gasteiger partial charge in [-0.3, -0.25) is 0 Å². The number of fused-ring (bicyclic) bond motifs is 6. The van der Waals surface area contributed by atoms with Crippen LogP contribution in [0.1, 0.15) is 17.4 Å². The van der Waals surface area contributed by atoms with Crippen LogP contribution in [0, 0.1) is 0 Å². The predicted octanol–water partition coefficient (Wildman–Crippen LogP) is 9.82. The summed E-state index contributed by atoms with van der Waals surface area (Å²) in [7, 11) is 2.16. The Morgan fingerprint density at radius 2 is 1.00 bits per heavy atom. The van der Waals surface area contributed by atoms with E-state index in [9.17, 15) is 0 Å². The van der Waals surface area contributed by atoms with Crippen molar-refractivity contribution in [2.24, 2.45) is 4.99 Å². The Labute approximate surface area is 261 Å². The normalized spacial score (nSPS) is 15.2. The van der Waals surface area contributed by atoms with E-state index < -0.39 is 0 Å². The minimum Gasteiger partial charge on any atom is -0.335 e. The van der Waals surface area contributed by atoms with E-state index in [0.717, 1.165) is 33.7 Å². The van der Waals surface area contributed by atoms with Crippen LogP contribution in [0.15, 0.2) is 163 Å². The Kier molecular flexibility index (Phi) is 5.75. The lowest BCUT2D eigenvalue weighted by molar-refractivity contribution is 0.282. The fraction of sp³-hybridized carbons (Fsp3) is 0.0488. The molecule has 1 atom stereocenters. The van der Waals surface area contributed by atoms with Crippen LogP contribution >= 0.6 is 0 Å². The largest absolute Gasteiger partial charge is 0.335 e. The fourth-order valence-corrected chi connectivity index (χ4v) is 7.07. The van der Waals surface area contributed by atoms with Crippen LogP contribution < -0.4 is 0 Å². The van der Waals surface area contributed by atoms with Gasteiger partial charge in [-0.25, -0.2) is 4.99 Å². The third-order valence-electron chi connectivity index (χ3n) is 9.16. The summed E-state index contributed by atoms with van der Waals surface area (Å²) in [4.78, 5) is 7.77. The van der Waals surface area contributed by atoms with Crippen molar-refractivity contribution < 1.29 is 0 Å². The summed E-state index contributed by atoms with van der Waals surface area (Å²) in [6, 6.07) is 54.1. The first-order valence-corrected chi connectivity index (χ1v) is 15.4. The quantitative estimate of drug-likeness (QED) is 0.204. The molecule has 45 heavy (non-hydrogen) atoms. The number of allylic oxidation sites excluding steroid dienone is 1. The van der Waals surface area contributed by atoms with Crippen LogP contribution in [-0.4, -0.2) is 26.8 Å². The lowest BCUT2D eigenvalue weighted by Gasteiger charge is -2.35. The molecule has 9 rings (SSSR count). The third kappa shape index (κ3) is 3.96. The summed E-state index contributed by atoms with van der Waals surface area (Å²) in [6.45, 7) is 0. The standard InChI is InChI=1S/C41H30N4/c1-43-39(29-16-6-3-7-17-29)27-35(28-14-4-2-5-15-28)42-41(43)45-38-23-13-10-20-33(38)34-25-24-30(26-40(34)45)44-36-21-11-8-18-31(36)32-19-9-12-22-37(32)44/h2-27,41H,1H3. The summed E-state index contributed by atoms with van der Waals surface area (Å²) >= 11 is 0. The van der Waals surface area contributed by atoms with Crippen molar-refractivity contribution in [2.75, 3.05) is 7.05 Å². The third-order valence-corrected chi connectivity index (χ3v) is 9.16. The molecule has 4 heteroatoms. The zero-order valence-electron chi connectivity index (χ0n) is 24.9. The van der Waals surface area contributed by atoms with Crippen molar-refractivity contribution in [1.29, 1.82) is 0 Å². The zero-order valence-corrected chi connectivity index (χ0v) is 24.9. The van der Waals surface area contributed by atoms with Gasteiger partial charge in [0, 0.05) is 40.0 Å². The smallest absolute Gasteiger partial charge is 0.203 e. The zero-order chi connectivity index (χ0) is 29.9. The van der Waals surface area contributed by atoms with Gasteiger partial charge in [0.25, 0.3) is 0 Å². The van der Waals surface area contributed by atoms with E-state index in [2.05, 4.69) is 179 Å². The van der Waals surface area contributed by atoms with Gasteiger partial charge in [-0.1, -0.05) is 121 Å². The molecule has 1 aliphatic rings. The van der Waals surface area contributed by atoms with E-state index >= 15 is 0 Å². The van der Waals surface area contributed by atoms with E-state index in [4.69, 9.17) is 4.99 Å². The molecule has 0 bridgehead atoms. The molecule has 4 nitrogen and oxygen atoms in total. The maximum atomic E-state index is 5.47. The first kappa shape index (κ1) is 25.6. The molecule has 214 valence electrons. The van der Waals surface area contributed by atoms with Gasteiger partial charge in [-0.05, 0) is 47.5 Å². The van der Waals surface area contributed by atoms with Crippen LogP contribution in [0.5, 0.6) is 0 Å². The number of rotatable bonds is 4. The van der Waals surface area contributed by atoms with Crippen LogP contribution in [0.4, 0.5) is 0 Å². The molecule has 0 amide bonds. The maximum absolute atomic E-state index is 5.47. The average molecular weight is 579 g/mol. The van der Waals surface area contributed by atoms with Crippen molar-refractivity contribution in [3.05, 3.63) is 169 Å². The average Bonchev–Trinajstić information content (AvgIpc) is 3.62.